The molecule has 0 aliphatic carbocycles. The maximum absolute atomic E-state index is 11.9. The molecule has 0 heterocycles. The summed E-state index contributed by atoms with van der Waals surface area (Å²) in [6.45, 7) is 0.450. The van der Waals surface area contributed by atoms with Crippen LogP contribution in [0.5, 0.6) is 0 Å². The molecule has 0 aliphatic rings. The molecule has 2 atom stereocenters. The van der Waals surface area contributed by atoms with Gasteiger partial charge in [-0.3, -0.25) is 14.4 Å². The Morgan fingerprint density at radius 3 is 1.89 bits per heavy atom. The minimum absolute atomic E-state index is 0.186. The van der Waals surface area contributed by atoms with E-state index < -0.39 is 24.1 Å². The van der Waals surface area contributed by atoms with Crippen LogP contribution >= 0.6 is 0 Å². The highest BCUT2D eigenvalue weighted by molar-refractivity contribution is 5.71. The number of esters is 1. The zero-order valence-corrected chi connectivity index (χ0v) is 16.9. The standard InChI is InChI=1S/C19H35NO7/c1-20(2,3)14-16(13-18(24)25)27-19(26)11-9-7-5-4-6-8-10-15(21)12-17(22)23/h15-16,21H,4-14H2,1-3H3,(H-,22,23,24,25)/p+1. The van der Waals surface area contributed by atoms with Crippen molar-refractivity contribution in [1.82, 2.24) is 0 Å². The van der Waals surface area contributed by atoms with E-state index in [-0.39, 0.29) is 25.2 Å². The molecule has 0 radical (unpaired) electrons. The molecule has 8 nitrogen and oxygen atoms in total. The molecule has 0 aromatic carbocycles. The second kappa shape index (κ2) is 13.5. The number of aliphatic hydroxyl groups excluding tert-OH is 1. The summed E-state index contributed by atoms with van der Waals surface area (Å²) in [6, 6.07) is 0. The Morgan fingerprint density at radius 1 is 0.852 bits per heavy atom. The Balaban J connectivity index is 3.82. The highest BCUT2D eigenvalue weighted by Crippen LogP contribution is 2.12. The fraction of sp³-hybridized carbons (Fsp3) is 0.842. The molecule has 0 aliphatic heterocycles. The molecule has 3 N–H and O–H groups in total. The van der Waals surface area contributed by atoms with E-state index in [1.165, 1.54) is 0 Å². The third-order valence-corrected chi connectivity index (χ3v) is 4.03. The molecule has 0 bridgehead atoms. The van der Waals surface area contributed by atoms with Crippen LogP contribution in [0.25, 0.3) is 0 Å². The summed E-state index contributed by atoms with van der Waals surface area (Å²) in [5.74, 6) is -2.32. The van der Waals surface area contributed by atoms with Crippen molar-refractivity contribution in [3.05, 3.63) is 0 Å². The number of unbranched alkanes of at least 4 members (excludes halogenated alkanes) is 5. The molecule has 0 amide bonds. The summed E-state index contributed by atoms with van der Waals surface area (Å²) < 4.78 is 5.85. The first-order valence-corrected chi connectivity index (χ1v) is 9.61. The number of carbonyl (C=O) groups is 3. The van der Waals surface area contributed by atoms with Crippen molar-refractivity contribution in [3.63, 3.8) is 0 Å². The van der Waals surface area contributed by atoms with E-state index in [1.807, 2.05) is 21.1 Å². The van der Waals surface area contributed by atoms with E-state index >= 15 is 0 Å². The first-order valence-electron chi connectivity index (χ1n) is 9.61. The summed E-state index contributed by atoms with van der Waals surface area (Å²) in [6.07, 6.45) is 4.21. The lowest BCUT2D eigenvalue weighted by Gasteiger charge is -2.28. The molecule has 0 saturated heterocycles. The molecule has 0 spiro atoms. The molecule has 158 valence electrons. The lowest BCUT2D eigenvalue weighted by Crippen LogP contribution is -2.43. The fourth-order valence-electron chi connectivity index (χ4n) is 2.85. The monoisotopic (exact) mass is 390 g/mol. The average Bonchev–Trinajstić information content (AvgIpc) is 2.46. The molecule has 0 fully saturated rings. The number of quaternary nitrogens is 1. The van der Waals surface area contributed by atoms with Crippen LogP contribution in [0.3, 0.4) is 0 Å². The first-order chi connectivity index (χ1) is 12.5. The van der Waals surface area contributed by atoms with Crippen LogP contribution in [0.2, 0.25) is 0 Å². The van der Waals surface area contributed by atoms with Gasteiger partial charge in [-0.25, -0.2) is 0 Å². The number of hydrogen-bond acceptors (Lipinski definition) is 5. The van der Waals surface area contributed by atoms with Crippen LogP contribution in [-0.4, -0.2) is 77.6 Å². The SMILES string of the molecule is C[N+](C)(C)CC(CC(=O)O)OC(=O)CCCCCCCCC(O)CC(=O)O. The van der Waals surface area contributed by atoms with E-state index in [0.717, 1.165) is 32.1 Å². The quantitative estimate of drug-likeness (QED) is 0.209. The van der Waals surface area contributed by atoms with Crippen molar-refractivity contribution in [3.8, 4) is 0 Å². The van der Waals surface area contributed by atoms with Gasteiger partial charge in [0.1, 0.15) is 6.54 Å². The van der Waals surface area contributed by atoms with Crippen LogP contribution in [0.15, 0.2) is 0 Å². The molecular formula is C19H36NO7+. The van der Waals surface area contributed by atoms with Gasteiger partial charge in [-0.1, -0.05) is 32.1 Å². The maximum Gasteiger partial charge on any atom is 0.307 e. The average molecular weight is 390 g/mol. The molecule has 0 aromatic rings. The Morgan fingerprint density at radius 2 is 1.37 bits per heavy atom. The summed E-state index contributed by atoms with van der Waals surface area (Å²) in [5.41, 5.74) is 0. The van der Waals surface area contributed by atoms with E-state index in [2.05, 4.69) is 0 Å². The summed E-state index contributed by atoms with van der Waals surface area (Å²) >= 11 is 0. The number of rotatable bonds is 16. The number of aliphatic carboxylic acids is 2. The van der Waals surface area contributed by atoms with Gasteiger partial charge >= 0.3 is 17.9 Å². The van der Waals surface area contributed by atoms with Gasteiger partial charge in [0.2, 0.25) is 0 Å². The maximum atomic E-state index is 11.9. The molecule has 0 aromatic heterocycles. The Labute approximate surface area is 161 Å². The summed E-state index contributed by atoms with van der Waals surface area (Å²) in [5, 5.41) is 26.9. The van der Waals surface area contributed by atoms with Gasteiger partial charge in [0, 0.05) is 6.42 Å². The van der Waals surface area contributed by atoms with Crippen LogP contribution in [0.1, 0.15) is 64.2 Å². The summed E-state index contributed by atoms with van der Waals surface area (Å²) in [4.78, 5) is 33.3. The van der Waals surface area contributed by atoms with Crippen molar-refractivity contribution in [2.75, 3.05) is 27.7 Å². The van der Waals surface area contributed by atoms with Crippen molar-refractivity contribution in [1.29, 1.82) is 0 Å². The number of nitrogens with zero attached hydrogens (tertiary/aromatic N) is 1. The Bertz CT molecular complexity index is 459. The molecule has 8 heteroatoms. The Hall–Kier alpha value is -1.67. The highest BCUT2D eigenvalue weighted by atomic mass is 16.5. The Kier molecular flexibility index (Phi) is 12.7. The number of carboxylic acid groups (broad SMARTS) is 2. The second-order valence-corrected chi connectivity index (χ2v) is 8.09. The predicted molar refractivity (Wildman–Crippen MR) is 100 cm³/mol. The second-order valence-electron chi connectivity index (χ2n) is 8.09. The zero-order valence-electron chi connectivity index (χ0n) is 16.9. The van der Waals surface area contributed by atoms with E-state index in [0.29, 0.717) is 23.9 Å². The van der Waals surface area contributed by atoms with Crippen LogP contribution in [-0.2, 0) is 19.1 Å². The van der Waals surface area contributed by atoms with Crippen LogP contribution in [0.4, 0.5) is 0 Å². The fourth-order valence-corrected chi connectivity index (χ4v) is 2.85. The lowest BCUT2D eigenvalue weighted by atomic mass is 10.0. The molecule has 27 heavy (non-hydrogen) atoms. The van der Waals surface area contributed by atoms with Gasteiger partial charge in [-0.05, 0) is 12.8 Å². The van der Waals surface area contributed by atoms with Gasteiger partial charge < -0.3 is 24.5 Å². The van der Waals surface area contributed by atoms with Crippen molar-refractivity contribution < 1.29 is 38.9 Å². The largest absolute Gasteiger partial charge is 0.481 e. The molecule has 0 rings (SSSR count). The normalized spacial score (nSPS) is 13.8. The number of carbonyl (C=O) groups excluding carboxylic acids is 1. The number of aliphatic hydroxyl groups is 1. The lowest BCUT2D eigenvalue weighted by molar-refractivity contribution is -0.873. The van der Waals surface area contributed by atoms with Crippen molar-refractivity contribution >= 4 is 17.9 Å². The first kappa shape index (κ1) is 25.3. The van der Waals surface area contributed by atoms with E-state index in [1.54, 1.807) is 0 Å². The number of ether oxygens (including phenoxy) is 1. The number of hydrogen-bond donors (Lipinski definition) is 3. The minimum atomic E-state index is -0.985. The predicted octanol–water partition coefficient (Wildman–Crippen LogP) is 2.04. The molecule has 0 saturated carbocycles. The van der Waals surface area contributed by atoms with Crippen molar-refractivity contribution in [2.24, 2.45) is 0 Å². The van der Waals surface area contributed by atoms with E-state index in [9.17, 15) is 19.5 Å². The van der Waals surface area contributed by atoms with Gasteiger partial charge in [0.05, 0.1) is 40.1 Å². The zero-order chi connectivity index (χ0) is 20.9. The molecule has 2 unspecified atom stereocenters. The number of likely N-dealkylation sites (N-methyl/N-ethyl adjacent to an activating group) is 1. The van der Waals surface area contributed by atoms with Crippen LogP contribution in [0, 0.1) is 0 Å². The third kappa shape index (κ3) is 17.5. The smallest absolute Gasteiger partial charge is 0.307 e. The van der Waals surface area contributed by atoms with Gasteiger partial charge in [-0.2, -0.15) is 0 Å². The van der Waals surface area contributed by atoms with Gasteiger partial charge in [0.25, 0.3) is 0 Å². The number of carboxylic acids is 2. The van der Waals surface area contributed by atoms with Gasteiger partial charge in [0.15, 0.2) is 6.10 Å². The van der Waals surface area contributed by atoms with Crippen LogP contribution < -0.4 is 0 Å². The van der Waals surface area contributed by atoms with Crippen molar-refractivity contribution in [2.45, 2.75) is 76.4 Å². The highest BCUT2D eigenvalue weighted by Gasteiger charge is 2.24. The topological polar surface area (TPSA) is 121 Å². The summed E-state index contributed by atoms with van der Waals surface area (Å²) in [7, 11) is 5.76. The van der Waals surface area contributed by atoms with Gasteiger partial charge in [-0.15, -0.1) is 0 Å². The van der Waals surface area contributed by atoms with E-state index in [4.69, 9.17) is 14.9 Å². The minimum Gasteiger partial charge on any atom is -0.481 e. The molecular weight excluding hydrogens is 354 g/mol. The third-order valence-electron chi connectivity index (χ3n) is 4.03.